The number of hydrogen-bond donors (Lipinski definition) is 1. The predicted octanol–water partition coefficient (Wildman–Crippen LogP) is 2.04. The zero-order valence-electron chi connectivity index (χ0n) is 13.0. The topological polar surface area (TPSA) is 63.4 Å². The Morgan fingerprint density at radius 2 is 2.10 bits per heavy atom. The molecule has 1 aromatic rings. The summed E-state index contributed by atoms with van der Waals surface area (Å²) in [7, 11) is -3.23. The Morgan fingerprint density at radius 3 is 2.76 bits per heavy atom. The zero-order chi connectivity index (χ0) is 15.5. The second kappa shape index (κ2) is 6.90. The molecule has 21 heavy (non-hydrogen) atoms. The smallest absolute Gasteiger partial charge is 0.179 e. The van der Waals surface area contributed by atoms with Crippen LogP contribution in [0.25, 0.3) is 0 Å². The average molecular weight is 310 g/mol. The van der Waals surface area contributed by atoms with Gasteiger partial charge in [0.2, 0.25) is 0 Å². The van der Waals surface area contributed by atoms with Crippen molar-refractivity contribution in [2.24, 2.45) is 11.7 Å². The standard InChI is InChI=1S/C16H26N2O2S/c1-13-6-7-18(14(2)10-13)8-9-21(19,20)16-5-3-4-15(11-16)12-17/h3-5,11,13-14H,6-10,12,17H2,1-2H3. The number of benzene rings is 1. The first-order valence-electron chi connectivity index (χ1n) is 7.68. The fourth-order valence-electron chi connectivity index (χ4n) is 3.01. The molecular formula is C16H26N2O2S. The maximum Gasteiger partial charge on any atom is 0.179 e. The number of nitrogens with zero attached hydrogens (tertiary/aromatic N) is 1. The van der Waals surface area contributed by atoms with Gasteiger partial charge in [-0.05, 0) is 49.9 Å². The molecule has 2 unspecified atom stereocenters. The van der Waals surface area contributed by atoms with E-state index in [2.05, 4.69) is 18.7 Å². The summed E-state index contributed by atoms with van der Waals surface area (Å²) >= 11 is 0. The van der Waals surface area contributed by atoms with Crippen molar-refractivity contribution in [3.63, 3.8) is 0 Å². The largest absolute Gasteiger partial charge is 0.326 e. The summed E-state index contributed by atoms with van der Waals surface area (Å²) in [6, 6.07) is 7.44. The minimum Gasteiger partial charge on any atom is -0.326 e. The summed E-state index contributed by atoms with van der Waals surface area (Å²) in [5.74, 6) is 0.925. The van der Waals surface area contributed by atoms with Gasteiger partial charge >= 0.3 is 0 Å². The molecule has 0 aromatic heterocycles. The van der Waals surface area contributed by atoms with E-state index < -0.39 is 9.84 Å². The lowest BCUT2D eigenvalue weighted by molar-refractivity contribution is 0.137. The van der Waals surface area contributed by atoms with Crippen molar-refractivity contribution >= 4 is 9.84 Å². The molecule has 1 heterocycles. The van der Waals surface area contributed by atoms with Crippen molar-refractivity contribution in [2.45, 2.75) is 44.2 Å². The Balaban J connectivity index is 2.01. The molecule has 0 spiro atoms. The van der Waals surface area contributed by atoms with Crippen LogP contribution in [0.3, 0.4) is 0 Å². The molecule has 1 aromatic carbocycles. The van der Waals surface area contributed by atoms with Gasteiger partial charge in [-0.3, -0.25) is 4.90 Å². The van der Waals surface area contributed by atoms with Gasteiger partial charge < -0.3 is 5.73 Å². The third kappa shape index (κ3) is 4.28. The van der Waals surface area contributed by atoms with Crippen LogP contribution in [0.1, 0.15) is 32.3 Å². The van der Waals surface area contributed by atoms with E-state index in [0.717, 1.165) is 30.9 Å². The number of hydrogen-bond acceptors (Lipinski definition) is 4. The lowest BCUT2D eigenvalue weighted by atomic mass is 9.93. The fourth-order valence-corrected chi connectivity index (χ4v) is 4.34. The molecule has 5 heteroatoms. The summed E-state index contributed by atoms with van der Waals surface area (Å²) in [5.41, 5.74) is 6.44. The summed E-state index contributed by atoms with van der Waals surface area (Å²) in [6.07, 6.45) is 2.32. The molecule has 4 nitrogen and oxygen atoms in total. The molecule has 0 bridgehead atoms. The lowest BCUT2D eigenvalue weighted by Crippen LogP contribution is -2.42. The highest BCUT2D eigenvalue weighted by atomic mass is 32.2. The maximum atomic E-state index is 12.4. The molecule has 1 fully saturated rings. The summed E-state index contributed by atoms with van der Waals surface area (Å²) < 4.78 is 24.9. The zero-order valence-corrected chi connectivity index (χ0v) is 13.8. The number of likely N-dealkylation sites (tertiary alicyclic amines) is 1. The SMILES string of the molecule is CC1CCN(CCS(=O)(=O)c2cccc(CN)c2)C(C)C1. The van der Waals surface area contributed by atoms with Gasteiger partial charge in [-0.2, -0.15) is 0 Å². The molecule has 118 valence electrons. The molecule has 0 saturated carbocycles. The second-order valence-electron chi connectivity index (χ2n) is 6.18. The van der Waals surface area contributed by atoms with Gasteiger partial charge in [-0.15, -0.1) is 0 Å². The number of rotatable bonds is 5. The van der Waals surface area contributed by atoms with Gasteiger partial charge in [0.1, 0.15) is 0 Å². The molecule has 0 radical (unpaired) electrons. The molecule has 1 aliphatic rings. The van der Waals surface area contributed by atoms with E-state index >= 15 is 0 Å². The molecular weight excluding hydrogens is 284 g/mol. The highest BCUT2D eigenvalue weighted by Gasteiger charge is 2.24. The van der Waals surface area contributed by atoms with E-state index in [-0.39, 0.29) is 5.75 Å². The van der Waals surface area contributed by atoms with Crippen LogP contribution in [0.15, 0.2) is 29.2 Å². The van der Waals surface area contributed by atoms with Crippen LogP contribution in [0.5, 0.6) is 0 Å². The number of nitrogens with two attached hydrogens (primary N) is 1. The van der Waals surface area contributed by atoms with E-state index in [1.165, 1.54) is 0 Å². The van der Waals surface area contributed by atoms with Crippen molar-refractivity contribution in [1.29, 1.82) is 0 Å². The molecule has 1 aliphatic heterocycles. The van der Waals surface area contributed by atoms with Crippen LogP contribution in [0.4, 0.5) is 0 Å². The van der Waals surface area contributed by atoms with Gasteiger partial charge in [0.15, 0.2) is 9.84 Å². The van der Waals surface area contributed by atoms with Crippen molar-refractivity contribution < 1.29 is 8.42 Å². The first-order chi connectivity index (χ1) is 9.92. The van der Waals surface area contributed by atoms with Crippen LogP contribution in [0.2, 0.25) is 0 Å². The van der Waals surface area contributed by atoms with E-state index in [4.69, 9.17) is 5.73 Å². The Hall–Kier alpha value is -0.910. The molecule has 1 saturated heterocycles. The van der Waals surface area contributed by atoms with E-state index in [1.807, 2.05) is 6.07 Å². The summed E-state index contributed by atoms with van der Waals surface area (Å²) in [4.78, 5) is 2.69. The fraction of sp³-hybridized carbons (Fsp3) is 0.625. The third-order valence-corrected chi connectivity index (χ3v) is 6.11. The van der Waals surface area contributed by atoms with Gasteiger partial charge in [0.05, 0.1) is 10.6 Å². The van der Waals surface area contributed by atoms with E-state index in [0.29, 0.717) is 24.0 Å². The Labute approximate surface area is 128 Å². The molecule has 0 aliphatic carbocycles. The van der Waals surface area contributed by atoms with Crippen LogP contribution in [0, 0.1) is 5.92 Å². The Morgan fingerprint density at radius 1 is 1.33 bits per heavy atom. The van der Waals surface area contributed by atoms with Crippen molar-refractivity contribution in [1.82, 2.24) is 4.90 Å². The predicted molar refractivity (Wildman–Crippen MR) is 85.8 cm³/mol. The minimum atomic E-state index is -3.23. The number of sulfone groups is 1. The summed E-state index contributed by atoms with van der Waals surface area (Å²) in [6.45, 7) is 6.44. The Bertz CT molecular complexity index is 571. The van der Waals surface area contributed by atoms with Crippen molar-refractivity contribution in [3.05, 3.63) is 29.8 Å². The molecule has 2 rings (SSSR count). The van der Waals surface area contributed by atoms with E-state index in [9.17, 15) is 8.42 Å². The van der Waals surface area contributed by atoms with Gasteiger partial charge in [-0.25, -0.2) is 8.42 Å². The molecule has 0 amide bonds. The van der Waals surface area contributed by atoms with E-state index in [1.54, 1.807) is 18.2 Å². The normalized spacial score (nSPS) is 24.1. The minimum absolute atomic E-state index is 0.180. The molecule has 2 atom stereocenters. The number of piperidine rings is 1. The second-order valence-corrected chi connectivity index (χ2v) is 8.29. The van der Waals surface area contributed by atoms with Crippen molar-refractivity contribution in [2.75, 3.05) is 18.8 Å². The summed E-state index contributed by atoms with van der Waals surface area (Å²) in [5, 5.41) is 0. The first kappa shape index (κ1) is 16.5. The lowest BCUT2D eigenvalue weighted by Gasteiger charge is -2.36. The first-order valence-corrected chi connectivity index (χ1v) is 9.33. The maximum absolute atomic E-state index is 12.4. The highest BCUT2D eigenvalue weighted by molar-refractivity contribution is 7.91. The van der Waals surface area contributed by atoms with Crippen LogP contribution < -0.4 is 5.73 Å². The quantitative estimate of drug-likeness (QED) is 0.904. The third-order valence-electron chi connectivity index (χ3n) is 4.42. The van der Waals surface area contributed by atoms with Crippen molar-refractivity contribution in [3.8, 4) is 0 Å². The monoisotopic (exact) mass is 310 g/mol. The molecule has 2 N–H and O–H groups in total. The highest BCUT2D eigenvalue weighted by Crippen LogP contribution is 2.22. The van der Waals surface area contributed by atoms with Gasteiger partial charge in [0.25, 0.3) is 0 Å². The van der Waals surface area contributed by atoms with Crippen LogP contribution >= 0.6 is 0 Å². The van der Waals surface area contributed by atoms with Gasteiger partial charge in [-0.1, -0.05) is 19.1 Å². The van der Waals surface area contributed by atoms with Crippen LogP contribution in [-0.4, -0.2) is 38.2 Å². The van der Waals surface area contributed by atoms with Gasteiger partial charge in [0, 0.05) is 19.1 Å². The Kier molecular flexibility index (Phi) is 5.41. The average Bonchev–Trinajstić information content (AvgIpc) is 2.46. The van der Waals surface area contributed by atoms with Crippen LogP contribution in [-0.2, 0) is 16.4 Å².